The third-order valence-electron chi connectivity index (χ3n) is 2.70. The van der Waals surface area contributed by atoms with Crippen molar-refractivity contribution in [3.05, 3.63) is 24.0 Å². The molecule has 4 heteroatoms. The zero-order chi connectivity index (χ0) is 11.7. The monoisotopic (exact) mass is 219 g/mol. The minimum Gasteiger partial charge on any atom is -0.494 e. The molecule has 2 aromatic rings. The number of hydrogen-bond donors (Lipinski definition) is 1. The Labute approximate surface area is 95.0 Å². The average Bonchev–Trinajstić information content (AvgIpc) is 2.67. The summed E-state index contributed by atoms with van der Waals surface area (Å²) < 4.78 is 7.47. The average molecular weight is 219 g/mol. The highest BCUT2D eigenvalue weighted by Gasteiger charge is 2.15. The molecule has 0 saturated heterocycles. The number of aryl methyl sites for hydroxylation is 1. The highest BCUT2D eigenvalue weighted by Crippen LogP contribution is 2.27. The van der Waals surface area contributed by atoms with E-state index < -0.39 is 0 Å². The molecule has 2 rings (SSSR count). The van der Waals surface area contributed by atoms with Crippen molar-refractivity contribution >= 4 is 11.0 Å². The zero-order valence-electron chi connectivity index (χ0n) is 9.90. The van der Waals surface area contributed by atoms with Gasteiger partial charge in [-0.15, -0.1) is 0 Å². The van der Waals surface area contributed by atoms with Crippen LogP contribution in [0.3, 0.4) is 0 Å². The quantitative estimate of drug-likeness (QED) is 0.860. The summed E-state index contributed by atoms with van der Waals surface area (Å²) >= 11 is 0. The second-order valence-corrected chi connectivity index (χ2v) is 3.83. The maximum absolute atomic E-state index is 5.92. The first kappa shape index (κ1) is 11.0. The van der Waals surface area contributed by atoms with Crippen LogP contribution in [0.15, 0.2) is 18.2 Å². The van der Waals surface area contributed by atoms with Gasteiger partial charge in [0.2, 0.25) is 0 Å². The summed E-state index contributed by atoms with van der Waals surface area (Å²) in [6, 6.07) is 5.80. The fourth-order valence-corrected chi connectivity index (χ4v) is 2.00. The van der Waals surface area contributed by atoms with Crippen LogP contribution in [-0.2, 0) is 6.54 Å². The third kappa shape index (κ3) is 1.55. The SMILES string of the molecule is CCn1c(C(C)N)nc2cccc(OC)c21. The fourth-order valence-electron chi connectivity index (χ4n) is 2.00. The number of benzene rings is 1. The van der Waals surface area contributed by atoms with Gasteiger partial charge in [0.05, 0.1) is 18.7 Å². The van der Waals surface area contributed by atoms with Crippen molar-refractivity contribution in [2.24, 2.45) is 5.73 Å². The predicted molar refractivity (Wildman–Crippen MR) is 64.6 cm³/mol. The number of nitrogens with zero attached hydrogens (tertiary/aromatic N) is 2. The summed E-state index contributed by atoms with van der Waals surface area (Å²) in [4.78, 5) is 4.55. The van der Waals surface area contributed by atoms with E-state index >= 15 is 0 Å². The molecular weight excluding hydrogens is 202 g/mol. The summed E-state index contributed by atoms with van der Waals surface area (Å²) in [7, 11) is 1.67. The van der Waals surface area contributed by atoms with Gasteiger partial charge >= 0.3 is 0 Å². The van der Waals surface area contributed by atoms with E-state index in [1.807, 2.05) is 25.1 Å². The molecule has 1 unspecified atom stereocenters. The lowest BCUT2D eigenvalue weighted by atomic mass is 10.3. The number of hydrogen-bond acceptors (Lipinski definition) is 3. The van der Waals surface area contributed by atoms with E-state index in [0.717, 1.165) is 29.2 Å². The number of aromatic nitrogens is 2. The molecule has 1 aromatic carbocycles. The molecule has 16 heavy (non-hydrogen) atoms. The largest absolute Gasteiger partial charge is 0.494 e. The molecule has 0 aliphatic heterocycles. The fraction of sp³-hybridized carbons (Fsp3) is 0.417. The van der Waals surface area contributed by atoms with Gasteiger partial charge in [0.25, 0.3) is 0 Å². The summed E-state index contributed by atoms with van der Waals surface area (Å²) in [6.07, 6.45) is 0. The first-order valence-electron chi connectivity index (χ1n) is 5.47. The normalized spacial score (nSPS) is 13.0. The number of nitrogens with two attached hydrogens (primary N) is 1. The van der Waals surface area contributed by atoms with Crippen molar-refractivity contribution in [1.82, 2.24) is 9.55 Å². The molecule has 1 atom stereocenters. The van der Waals surface area contributed by atoms with E-state index in [1.54, 1.807) is 7.11 Å². The summed E-state index contributed by atoms with van der Waals surface area (Å²) in [5, 5.41) is 0. The molecule has 0 fully saturated rings. The number of ether oxygens (including phenoxy) is 1. The second-order valence-electron chi connectivity index (χ2n) is 3.83. The molecule has 0 bridgehead atoms. The van der Waals surface area contributed by atoms with Gasteiger partial charge in [0, 0.05) is 6.54 Å². The first-order chi connectivity index (χ1) is 7.69. The maximum atomic E-state index is 5.92. The molecule has 1 heterocycles. The highest BCUT2D eigenvalue weighted by molar-refractivity contribution is 5.82. The molecule has 2 N–H and O–H groups in total. The van der Waals surface area contributed by atoms with E-state index in [-0.39, 0.29) is 6.04 Å². The molecule has 0 saturated carbocycles. The molecule has 86 valence electrons. The van der Waals surface area contributed by atoms with Crippen LogP contribution in [0.25, 0.3) is 11.0 Å². The van der Waals surface area contributed by atoms with Crippen LogP contribution in [-0.4, -0.2) is 16.7 Å². The lowest BCUT2D eigenvalue weighted by Crippen LogP contribution is -2.12. The predicted octanol–water partition coefficient (Wildman–Crippen LogP) is 2.08. The van der Waals surface area contributed by atoms with Gasteiger partial charge in [-0.1, -0.05) is 6.07 Å². The molecule has 0 radical (unpaired) electrons. The van der Waals surface area contributed by atoms with Crippen molar-refractivity contribution in [3.8, 4) is 5.75 Å². The number of fused-ring (bicyclic) bond motifs is 1. The molecule has 4 nitrogen and oxygen atoms in total. The number of rotatable bonds is 3. The standard InChI is InChI=1S/C12H17N3O/c1-4-15-11-9(14-12(15)8(2)13)6-5-7-10(11)16-3/h5-8H,4,13H2,1-3H3. The van der Waals surface area contributed by atoms with Gasteiger partial charge in [-0.3, -0.25) is 0 Å². The molecule has 0 amide bonds. The van der Waals surface area contributed by atoms with Crippen molar-refractivity contribution < 1.29 is 4.74 Å². The third-order valence-corrected chi connectivity index (χ3v) is 2.70. The van der Waals surface area contributed by atoms with Crippen LogP contribution in [0.1, 0.15) is 25.7 Å². The lowest BCUT2D eigenvalue weighted by Gasteiger charge is -2.10. The Balaban J connectivity index is 2.78. The van der Waals surface area contributed by atoms with Crippen LogP contribution in [0.2, 0.25) is 0 Å². The number of para-hydroxylation sites is 1. The minimum atomic E-state index is -0.0722. The van der Waals surface area contributed by atoms with E-state index in [9.17, 15) is 0 Å². The second kappa shape index (κ2) is 4.14. The van der Waals surface area contributed by atoms with Crippen molar-refractivity contribution in [3.63, 3.8) is 0 Å². The Kier molecular flexibility index (Phi) is 2.83. The zero-order valence-corrected chi connectivity index (χ0v) is 9.90. The van der Waals surface area contributed by atoms with Crippen LogP contribution in [0.4, 0.5) is 0 Å². The molecule has 0 spiro atoms. The molecule has 0 aliphatic rings. The molecular formula is C12H17N3O. The summed E-state index contributed by atoms with van der Waals surface area (Å²) in [5.41, 5.74) is 7.89. The van der Waals surface area contributed by atoms with Gasteiger partial charge in [-0.2, -0.15) is 0 Å². The number of methoxy groups -OCH3 is 1. The van der Waals surface area contributed by atoms with E-state index in [1.165, 1.54) is 0 Å². The topological polar surface area (TPSA) is 53.1 Å². The molecule has 1 aromatic heterocycles. The van der Waals surface area contributed by atoms with Crippen molar-refractivity contribution in [2.75, 3.05) is 7.11 Å². The van der Waals surface area contributed by atoms with Gasteiger partial charge in [0.15, 0.2) is 0 Å². The summed E-state index contributed by atoms with van der Waals surface area (Å²) in [6.45, 7) is 4.87. The lowest BCUT2D eigenvalue weighted by molar-refractivity contribution is 0.417. The van der Waals surface area contributed by atoms with Crippen molar-refractivity contribution in [2.45, 2.75) is 26.4 Å². The Morgan fingerprint density at radius 1 is 1.50 bits per heavy atom. The Morgan fingerprint density at radius 3 is 2.81 bits per heavy atom. The van der Waals surface area contributed by atoms with Gasteiger partial charge in [-0.25, -0.2) is 4.98 Å². The number of imidazole rings is 1. The van der Waals surface area contributed by atoms with E-state index in [4.69, 9.17) is 10.5 Å². The van der Waals surface area contributed by atoms with Crippen LogP contribution in [0, 0.1) is 0 Å². The van der Waals surface area contributed by atoms with Crippen LogP contribution < -0.4 is 10.5 Å². The van der Waals surface area contributed by atoms with Crippen LogP contribution >= 0.6 is 0 Å². The van der Waals surface area contributed by atoms with Gasteiger partial charge < -0.3 is 15.0 Å². The van der Waals surface area contributed by atoms with Crippen LogP contribution in [0.5, 0.6) is 5.75 Å². The molecule has 0 aliphatic carbocycles. The maximum Gasteiger partial charge on any atom is 0.144 e. The minimum absolute atomic E-state index is 0.0722. The Bertz CT molecular complexity index is 502. The van der Waals surface area contributed by atoms with E-state index in [0.29, 0.717) is 0 Å². The Hall–Kier alpha value is -1.55. The van der Waals surface area contributed by atoms with Crippen molar-refractivity contribution in [1.29, 1.82) is 0 Å². The smallest absolute Gasteiger partial charge is 0.144 e. The van der Waals surface area contributed by atoms with E-state index in [2.05, 4.69) is 16.5 Å². The highest BCUT2D eigenvalue weighted by atomic mass is 16.5. The summed E-state index contributed by atoms with van der Waals surface area (Å²) in [5.74, 6) is 1.75. The first-order valence-corrected chi connectivity index (χ1v) is 5.47. The Morgan fingerprint density at radius 2 is 2.25 bits per heavy atom. The van der Waals surface area contributed by atoms with Gasteiger partial charge in [0.1, 0.15) is 17.1 Å². The van der Waals surface area contributed by atoms with Gasteiger partial charge in [-0.05, 0) is 26.0 Å².